The summed E-state index contributed by atoms with van der Waals surface area (Å²) in [5.74, 6) is 0.130. The van der Waals surface area contributed by atoms with Crippen LogP contribution >= 0.6 is 0 Å². The zero-order valence-electron chi connectivity index (χ0n) is 11.0. The first-order chi connectivity index (χ1) is 9.60. The summed E-state index contributed by atoms with van der Waals surface area (Å²) >= 11 is 0. The Kier molecular flexibility index (Phi) is 4.04. The molecule has 0 saturated carbocycles. The van der Waals surface area contributed by atoms with Crippen LogP contribution in [0.1, 0.15) is 0 Å². The first kappa shape index (κ1) is 13.7. The Hall–Kier alpha value is -2.77. The van der Waals surface area contributed by atoms with E-state index in [4.69, 9.17) is 9.47 Å². The topological polar surface area (TPSA) is 101 Å². The van der Waals surface area contributed by atoms with Crippen molar-refractivity contribution in [2.75, 3.05) is 19.5 Å². The number of rotatable bonds is 5. The number of ether oxygens (including phenoxy) is 2. The van der Waals surface area contributed by atoms with Gasteiger partial charge in [0, 0.05) is 23.9 Å². The summed E-state index contributed by atoms with van der Waals surface area (Å²) in [6.07, 6.45) is 1.09. The zero-order chi connectivity index (χ0) is 14.5. The molecule has 1 heterocycles. The summed E-state index contributed by atoms with van der Waals surface area (Å²) < 4.78 is 15.6. The molecule has 1 N–H and O–H groups in total. The Morgan fingerprint density at radius 2 is 2.00 bits per heavy atom. The third-order valence-corrected chi connectivity index (χ3v) is 2.43. The molecule has 20 heavy (non-hydrogen) atoms. The lowest BCUT2D eigenvalue weighted by Crippen LogP contribution is -2.41. The Balaban J connectivity index is 2.07. The molecule has 0 aliphatic heterocycles. The molecular weight excluding hydrogens is 266 g/mol. The zero-order valence-corrected chi connectivity index (χ0v) is 11.0. The molecule has 0 saturated heterocycles. The maximum atomic E-state index is 11.8. The van der Waals surface area contributed by atoms with Crippen molar-refractivity contribution in [1.82, 2.24) is 5.27 Å². The number of hydrogen-bond acceptors (Lipinski definition) is 6. The lowest BCUT2D eigenvalue weighted by atomic mass is 10.2. The van der Waals surface area contributed by atoms with E-state index in [-0.39, 0.29) is 12.5 Å². The van der Waals surface area contributed by atoms with E-state index >= 15 is 0 Å². The maximum absolute atomic E-state index is 11.8. The predicted octanol–water partition coefficient (Wildman–Crippen LogP) is -0.308. The molecule has 0 aliphatic carbocycles. The van der Waals surface area contributed by atoms with Crippen LogP contribution in [0.2, 0.25) is 0 Å². The quantitative estimate of drug-likeness (QED) is 0.754. The van der Waals surface area contributed by atoms with Gasteiger partial charge in [-0.15, -0.1) is 0 Å². The number of hydrogen-bond donors (Lipinski definition) is 1. The van der Waals surface area contributed by atoms with Gasteiger partial charge in [0.2, 0.25) is 6.20 Å². The van der Waals surface area contributed by atoms with Gasteiger partial charge in [-0.25, -0.2) is 0 Å². The van der Waals surface area contributed by atoms with Crippen LogP contribution in [0.4, 0.5) is 5.69 Å². The summed E-state index contributed by atoms with van der Waals surface area (Å²) in [6.45, 7) is -0.134. The summed E-state index contributed by atoms with van der Waals surface area (Å²) in [4.78, 5) is 11.8. The second-order valence-electron chi connectivity index (χ2n) is 3.87. The number of carbonyl (C=O) groups excluding carboxylic acids is 1. The van der Waals surface area contributed by atoms with Gasteiger partial charge >= 0.3 is 0 Å². The molecule has 0 spiro atoms. The third-order valence-electron chi connectivity index (χ3n) is 2.43. The van der Waals surface area contributed by atoms with E-state index in [0.717, 1.165) is 10.9 Å². The summed E-state index contributed by atoms with van der Waals surface area (Å²) in [5.41, 5.74) is 0.512. The van der Waals surface area contributed by atoms with Crippen molar-refractivity contribution in [3.63, 3.8) is 0 Å². The smallest absolute Gasteiger partial charge is 0.292 e. The molecule has 0 atom stereocenters. The SMILES string of the molecule is COc1cc(NC(=O)C[n+]2cc([O-])on2)cc(OC)c1. The summed E-state index contributed by atoms with van der Waals surface area (Å²) in [6, 6.07) is 4.98. The number of methoxy groups -OCH3 is 2. The van der Waals surface area contributed by atoms with E-state index in [1.165, 1.54) is 14.2 Å². The molecule has 1 aromatic carbocycles. The molecule has 0 bridgehead atoms. The Labute approximate surface area is 114 Å². The average molecular weight is 279 g/mol. The van der Waals surface area contributed by atoms with E-state index in [0.29, 0.717) is 17.2 Å². The van der Waals surface area contributed by atoms with Gasteiger partial charge in [0.25, 0.3) is 12.5 Å². The van der Waals surface area contributed by atoms with Crippen molar-refractivity contribution in [2.24, 2.45) is 0 Å². The largest absolute Gasteiger partial charge is 0.539 e. The van der Waals surface area contributed by atoms with Crippen LogP contribution < -0.4 is 24.6 Å². The molecule has 1 aromatic heterocycles. The van der Waals surface area contributed by atoms with Crippen LogP contribution in [-0.2, 0) is 11.3 Å². The van der Waals surface area contributed by atoms with E-state index in [1.807, 2.05) is 0 Å². The van der Waals surface area contributed by atoms with Gasteiger partial charge in [0.15, 0.2) is 0 Å². The Morgan fingerprint density at radius 3 is 2.50 bits per heavy atom. The third kappa shape index (κ3) is 3.37. The molecule has 8 heteroatoms. The Bertz CT molecular complexity index is 589. The highest BCUT2D eigenvalue weighted by atomic mass is 16.6. The van der Waals surface area contributed by atoms with Crippen LogP contribution in [0.5, 0.6) is 17.4 Å². The van der Waals surface area contributed by atoms with E-state index < -0.39 is 5.95 Å². The van der Waals surface area contributed by atoms with Crippen LogP contribution in [0.15, 0.2) is 28.9 Å². The first-order valence-corrected chi connectivity index (χ1v) is 5.67. The second kappa shape index (κ2) is 5.91. The van der Waals surface area contributed by atoms with Crippen molar-refractivity contribution in [3.05, 3.63) is 24.4 Å². The van der Waals surface area contributed by atoms with Gasteiger partial charge in [0.1, 0.15) is 17.4 Å². The van der Waals surface area contributed by atoms with Crippen molar-refractivity contribution in [3.8, 4) is 17.4 Å². The molecule has 1 amide bonds. The number of aromatic nitrogens is 2. The fraction of sp³-hybridized carbons (Fsp3) is 0.250. The molecular formula is C12H13N3O5. The number of anilines is 1. The maximum Gasteiger partial charge on any atom is 0.292 e. The average Bonchev–Trinajstić information content (AvgIpc) is 2.83. The van der Waals surface area contributed by atoms with Crippen LogP contribution in [0.3, 0.4) is 0 Å². The molecule has 0 unspecified atom stereocenters. The molecule has 2 aromatic rings. The standard InChI is InChI=1S/C12H13N3O5/c1-18-9-3-8(4-10(5-9)19-2)13-11(16)6-15-7-12(17)20-14-15/h3-5,7H,6H2,1-2H3,(H-,13,14,16,17). The first-order valence-electron chi connectivity index (χ1n) is 5.67. The highest BCUT2D eigenvalue weighted by Crippen LogP contribution is 2.25. The highest BCUT2D eigenvalue weighted by molar-refractivity contribution is 5.90. The van der Waals surface area contributed by atoms with Crippen molar-refractivity contribution in [2.45, 2.75) is 6.54 Å². The van der Waals surface area contributed by atoms with Crippen LogP contribution in [0, 0.1) is 0 Å². The van der Waals surface area contributed by atoms with Gasteiger partial charge < -0.3 is 24.4 Å². The van der Waals surface area contributed by atoms with Gasteiger partial charge in [-0.1, -0.05) is 4.68 Å². The number of carbonyl (C=O) groups is 1. The minimum atomic E-state index is -0.610. The van der Waals surface area contributed by atoms with Gasteiger partial charge in [0.05, 0.1) is 19.5 Å². The lowest BCUT2D eigenvalue weighted by Gasteiger charge is -2.08. The van der Waals surface area contributed by atoms with E-state index in [9.17, 15) is 9.90 Å². The molecule has 106 valence electrons. The predicted molar refractivity (Wildman–Crippen MR) is 64.3 cm³/mol. The van der Waals surface area contributed by atoms with Crippen molar-refractivity contribution < 1.29 is 28.6 Å². The van der Waals surface area contributed by atoms with Crippen molar-refractivity contribution in [1.29, 1.82) is 0 Å². The summed E-state index contributed by atoms with van der Waals surface area (Å²) in [5, 5.41) is 16.8. The normalized spacial score (nSPS) is 10.1. The number of amides is 1. The highest BCUT2D eigenvalue weighted by Gasteiger charge is 2.13. The van der Waals surface area contributed by atoms with Crippen molar-refractivity contribution >= 4 is 11.6 Å². The second-order valence-corrected chi connectivity index (χ2v) is 3.87. The molecule has 0 fully saturated rings. The van der Waals surface area contributed by atoms with E-state index in [1.54, 1.807) is 18.2 Å². The van der Waals surface area contributed by atoms with Gasteiger partial charge in [-0.05, 0) is 0 Å². The number of benzene rings is 1. The molecule has 0 radical (unpaired) electrons. The Morgan fingerprint density at radius 1 is 1.35 bits per heavy atom. The van der Waals surface area contributed by atoms with E-state index in [2.05, 4.69) is 15.1 Å². The summed E-state index contributed by atoms with van der Waals surface area (Å²) in [7, 11) is 3.03. The minimum Gasteiger partial charge on any atom is -0.539 e. The fourth-order valence-corrected chi connectivity index (χ4v) is 1.56. The number of nitrogens with one attached hydrogen (secondary N) is 1. The molecule has 2 rings (SSSR count). The minimum absolute atomic E-state index is 0.134. The lowest BCUT2D eigenvalue weighted by molar-refractivity contribution is -0.750. The van der Waals surface area contributed by atoms with Crippen LogP contribution in [0.25, 0.3) is 0 Å². The monoisotopic (exact) mass is 279 g/mol. The molecule has 8 nitrogen and oxygen atoms in total. The van der Waals surface area contributed by atoms with Gasteiger partial charge in [-0.2, -0.15) is 0 Å². The molecule has 0 aliphatic rings. The number of nitrogens with zero attached hydrogens (tertiary/aromatic N) is 2. The van der Waals surface area contributed by atoms with Gasteiger partial charge in [-0.3, -0.25) is 4.79 Å². The van der Waals surface area contributed by atoms with Crippen LogP contribution in [-0.4, -0.2) is 25.4 Å². The fourth-order valence-electron chi connectivity index (χ4n) is 1.56.